The summed E-state index contributed by atoms with van der Waals surface area (Å²) in [4.78, 5) is 15.2. The van der Waals surface area contributed by atoms with Crippen molar-refractivity contribution in [2.24, 2.45) is 5.92 Å². The second kappa shape index (κ2) is 10.1. The summed E-state index contributed by atoms with van der Waals surface area (Å²) in [5.41, 5.74) is 3.71. The molecular formula is C27H26FN3O3. The maximum absolute atomic E-state index is 13.3. The number of benzene rings is 2. The smallest absolute Gasteiger partial charge is 0.254 e. The van der Waals surface area contributed by atoms with Gasteiger partial charge in [0.15, 0.2) is 0 Å². The molecule has 4 aromatic rings. The Balaban J connectivity index is 1.26. The van der Waals surface area contributed by atoms with Crippen molar-refractivity contribution in [2.75, 3.05) is 26.3 Å². The predicted molar refractivity (Wildman–Crippen MR) is 126 cm³/mol. The Kier molecular flexibility index (Phi) is 6.53. The predicted octanol–water partition coefficient (Wildman–Crippen LogP) is 4.38. The summed E-state index contributed by atoms with van der Waals surface area (Å²) < 4.78 is 26.7. The van der Waals surface area contributed by atoms with Gasteiger partial charge in [0.25, 0.3) is 5.91 Å². The standard InChI is InChI=1S/C27H26FN3O3/c28-24-8-6-20(7-9-24)19-34-25-5-1-3-23(16-25)27(32)30-13-14-33-18-21(17-30)15-22-4-2-12-31-26(22)10-11-29-31/h1-12,16,21H,13-15,17-19H2. The van der Waals surface area contributed by atoms with E-state index in [1.54, 1.807) is 30.5 Å². The number of nitrogens with zero attached hydrogens (tertiary/aromatic N) is 3. The molecule has 0 spiro atoms. The molecule has 0 bridgehead atoms. The van der Waals surface area contributed by atoms with Gasteiger partial charge in [0.1, 0.15) is 18.2 Å². The van der Waals surface area contributed by atoms with Crippen LogP contribution in [0.2, 0.25) is 0 Å². The molecule has 0 saturated carbocycles. The van der Waals surface area contributed by atoms with Crippen LogP contribution >= 0.6 is 0 Å². The van der Waals surface area contributed by atoms with Crippen LogP contribution in [0.1, 0.15) is 21.5 Å². The van der Waals surface area contributed by atoms with Gasteiger partial charge in [0.2, 0.25) is 0 Å². The fraction of sp³-hybridized carbons (Fsp3) is 0.259. The Morgan fingerprint density at radius 1 is 1.12 bits per heavy atom. The topological polar surface area (TPSA) is 56.1 Å². The molecule has 1 aliphatic heterocycles. The van der Waals surface area contributed by atoms with Gasteiger partial charge in [-0.15, -0.1) is 0 Å². The molecule has 5 rings (SSSR count). The van der Waals surface area contributed by atoms with Gasteiger partial charge in [-0.05, 0) is 60.0 Å². The minimum atomic E-state index is -0.280. The number of hydrogen-bond acceptors (Lipinski definition) is 4. The number of rotatable bonds is 6. The molecule has 6 nitrogen and oxygen atoms in total. The van der Waals surface area contributed by atoms with Crippen molar-refractivity contribution in [1.29, 1.82) is 0 Å². The van der Waals surface area contributed by atoms with E-state index in [0.29, 0.717) is 44.2 Å². The molecule has 1 saturated heterocycles. The third-order valence-electron chi connectivity index (χ3n) is 6.06. The zero-order chi connectivity index (χ0) is 23.3. The molecule has 34 heavy (non-hydrogen) atoms. The second-order valence-electron chi connectivity index (χ2n) is 8.53. The van der Waals surface area contributed by atoms with Gasteiger partial charge in [-0.3, -0.25) is 4.79 Å². The summed E-state index contributed by atoms with van der Waals surface area (Å²) in [5, 5.41) is 4.31. The van der Waals surface area contributed by atoms with Crippen LogP contribution in [0.25, 0.3) is 5.52 Å². The Morgan fingerprint density at radius 3 is 2.88 bits per heavy atom. The van der Waals surface area contributed by atoms with E-state index in [-0.39, 0.29) is 17.6 Å². The Hall–Kier alpha value is -3.71. The van der Waals surface area contributed by atoms with Crippen molar-refractivity contribution in [3.8, 4) is 5.75 Å². The molecule has 3 heterocycles. The van der Waals surface area contributed by atoms with Gasteiger partial charge < -0.3 is 14.4 Å². The minimum Gasteiger partial charge on any atom is -0.489 e. The van der Waals surface area contributed by atoms with E-state index in [2.05, 4.69) is 11.2 Å². The molecule has 174 valence electrons. The van der Waals surface area contributed by atoms with Crippen LogP contribution in [0.5, 0.6) is 5.75 Å². The van der Waals surface area contributed by atoms with E-state index in [0.717, 1.165) is 17.5 Å². The van der Waals surface area contributed by atoms with E-state index in [9.17, 15) is 9.18 Å². The average molecular weight is 460 g/mol. The monoisotopic (exact) mass is 459 g/mol. The molecule has 0 aliphatic carbocycles. The third kappa shape index (κ3) is 5.10. The Morgan fingerprint density at radius 2 is 2.00 bits per heavy atom. The highest BCUT2D eigenvalue weighted by atomic mass is 19.1. The first-order valence-electron chi connectivity index (χ1n) is 11.4. The first kappa shape index (κ1) is 22.1. The fourth-order valence-electron chi connectivity index (χ4n) is 4.33. The highest BCUT2D eigenvalue weighted by molar-refractivity contribution is 5.94. The van der Waals surface area contributed by atoms with Gasteiger partial charge in [0.05, 0.1) is 18.7 Å². The molecule has 1 fully saturated rings. The molecule has 1 aliphatic rings. The number of hydrogen-bond donors (Lipinski definition) is 0. The molecule has 7 heteroatoms. The van der Waals surface area contributed by atoms with Crippen LogP contribution in [0.15, 0.2) is 79.1 Å². The summed E-state index contributed by atoms with van der Waals surface area (Å²) in [6.45, 7) is 2.60. The Bertz CT molecular complexity index is 1270. The van der Waals surface area contributed by atoms with Crippen LogP contribution in [-0.2, 0) is 17.8 Å². The van der Waals surface area contributed by atoms with Crippen LogP contribution in [0.3, 0.4) is 0 Å². The van der Waals surface area contributed by atoms with E-state index in [1.165, 1.54) is 17.7 Å². The first-order chi connectivity index (χ1) is 16.7. The summed E-state index contributed by atoms with van der Waals surface area (Å²) >= 11 is 0. The van der Waals surface area contributed by atoms with Gasteiger partial charge in [0, 0.05) is 37.0 Å². The minimum absolute atomic E-state index is 0.0368. The number of pyridine rings is 1. The number of ether oxygens (including phenoxy) is 2. The molecule has 1 unspecified atom stereocenters. The molecule has 0 radical (unpaired) electrons. The molecule has 2 aromatic heterocycles. The lowest BCUT2D eigenvalue weighted by molar-refractivity contribution is 0.0737. The van der Waals surface area contributed by atoms with E-state index in [4.69, 9.17) is 9.47 Å². The highest BCUT2D eigenvalue weighted by Crippen LogP contribution is 2.21. The zero-order valence-corrected chi connectivity index (χ0v) is 18.8. The molecule has 1 amide bonds. The summed E-state index contributed by atoms with van der Waals surface area (Å²) in [6.07, 6.45) is 4.54. The van der Waals surface area contributed by atoms with Gasteiger partial charge in [-0.2, -0.15) is 5.10 Å². The zero-order valence-electron chi connectivity index (χ0n) is 18.8. The maximum atomic E-state index is 13.3. The highest BCUT2D eigenvalue weighted by Gasteiger charge is 2.24. The number of carbonyl (C=O) groups excluding carboxylic acids is 1. The summed E-state index contributed by atoms with van der Waals surface area (Å²) in [6, 6.07) is 19.5. The van der Waals surface area contributed by atoms with Crippen molar-refractivity contribution in [3.63, 3.8) is 0 Å². The van der Waals surface area contributed by atoms with Crippen molar-refractivity contribution in [1.82, 2.24) is 14.5 Å². The number of aromatic nitrogens is 2. The quantitative estimate of drug-likeness (QED) is 0.429. The first-order valence-corrected chi connectivity index (χ1v) is 11.4. The van der Waals surface area contributed by atoms with Crippen molar-refractivity contribution >= 4 is 11.4 Å². The molecular weight excluding hydrogens is 433 g/mol. The van der Waals surface area contributed by atoms with E-state index < -0.39 is 0 Å². The number of fused-ring (bicyclic) bond motifs is 1. The average Bonchev–Trinajstić information content (AvgIpc) is 3.23. The number of carbonyl (C=O) groups is 1. The third-order valence-corrected chi connectivity index (χ3v) is 6.06. The summed E-state index contributed by atoms with van der Waals surface area (Å²) in [7, 11) is 0. The van der Waals surface area contributed by atoms with Crippen molar-refractivity contribution in [3.05, 3.63) is 102 Å². The van der Waals surface area contributed by atoms with Crippen molar-refractivity contribution < 1.29 is 18.7 Å². The number of amides is 1. The van der Waals surface area contributed by atoms with Gasteiger partial charge >= 0.3 is 0 Å². The lowest BCUT2D eigenvalue weighted by Gasteiger charge is -2.24. The molecule has 0 N–H and O–H groups in total. The lowest BCUT2D eigenvalue weighted by Crippen LogP contribution is -2.36. The molecule has 2 aromatic carbocycles. The van der Waals surface area contributed by atoms with Crippen LogP contribution < -0.4 is 4.74 Å². The fourth-order valence-corrected chi connectivity index (χ4v) is 4.33. The number of halogens is 1. The van der Waals surface area contributed by atoms with E-state index >= 15 is 0 Å². The maximum Gasteiger partial charge on any atom is 0.254 e. The second-order valence-corrected chi connectivity index (χ2v) is 8.53. The molecule has 1 atom stereocenters. The normalized spacial score (nSPS) is 16.4. The largest absolute Gasteiger partial charge is 0.489 e. The van der Waals surface area contributed by atoms with Crippen LogP contribution in [0, 0.1) is 11.7 Å². The lowest BCUT2D eigenvalue weighted by atomic mass is 9.99. The van der Waals surface area contributed by atoms with Crippen molar-refractivity contribution in [2.45, 2.75) is 13.0 Å². The van der Waals surface area contributed by atoms with Gasteiger partial charge in [-0.1, -0.05) is 24.3 Å². The van der Waals surface area contributed by atoms with E-state index in [1.807, 2.05) is 39.9 Å². The van der Waals surface area contributed by atoms with Gasteiger partial charge in [-0.25, -0.2) is 8.91 Å². The SMILES string of the molecule is O=C(c1cccc(OCc2ccc(F)cc2)c1)N1CCOCC(Cc2cccn3nccc23)C1. The van der Waals surface area contributed by atoms with Crippen LogP contribution in [0.4, 0.5) is 4.39 Å². The summed E-state index contributed by atoms with van der Waals surface area (Å²) in [5.74, 6) is 0.471. The Labute approximate surface area is 197 Å². The van der Waals surface area contributed by atoms with Crippen LogP contribution in [-0.4, -0.2) is 46.7 Å².